The molecule has 182 valence electrons. The summed E-state index contributed by atoms with van der Waals surface area (Å²) in [5, 5.41) is 0. The molecule has 0 radical (unpaired) electrons. The van der Waals surface area contributed by atoms with Crippen molar-refractivity contribution in [2.45, 2.75) is 91.1 Å². The Labute approximate surface area is 198 Å². The zero-order chi connectivity index (χ0) is 24.0. The van der Waals surface area contributed by atoms with Gasteiger partial charge in [-0.1, -0.05) is 49.0 Å². The molecule has 0 N–H and O–H groups in total. The third-order valence-corrected chi connectivity index (χ3v) is 6.96. The van der Waals surface area contributed by atoms with Gasteiger partial charge >= 0.3 is 0 Å². The number of benzene rings is 1. The molecule has 4 nitrogen and oxygen atoms in total. The highest BCUT2D eigenvalue weighted by Gasteiger charge is 2.21. The van der Waals surface area contributed by atoms with Gasteiger partial charge < -0.3 is 18.9 Å². The largest absolute Gasteiger partial charge is 0.497 e. The van der Waals surface area contributed by atoms with Gasteiger partial charge in [0.25, 0.3) is 0 Å². The minimum Gasteiger partial charge on any atom is -0.497 e. The summed E-state index contributed by atoms with van der Waals surface area (Å²) in [6.07, 6.45) is 6.03. The fourth-order valence-corrected chi connectivity index (χ4v) is 3.82. The van der Waals surface area contributed by atoms with Crippen molar-refractivity contribution in [2.75, 3.05) is 20.3 Å². The molecule has 0 heterocycles. The van der Waals surface area contributed by atoms with Crippen molar-refractivity contribution in [1.82, 2.24) is 0 Å². The van der Waals surface area contributed by atoms with Crippen molar-refractivity contribution in [3.05, 3.63) is 53.6 Å². The van der Waals surface area contributed by atoms with Crippen LogP contribution in [0.25, 0.3) is 0 Å². The van der Waals surface area contributed by atoms with Crippen LogP contribution in [0, 0.1) is 0 Å². The van der Waals surface area contributed by atoms with Gasteiger partial charge in [0.15, 0.2) is 6.29 Å². The average Bonchev–Trinajstić information content (AvgIpc) is 2.73. The molecule has 1 aromatic rings. The van der Waals surface area contributed by atoms with Crippen molar-refractivity contribution in [2.24, 2.45) is 0 Å². The second-order valence-corrected chi connectivity index (χ2v) is 15.6. The fraction of sp³-hybridized carbons (Fsp3) is 0.630. The van der Waals surface area contributed by atoms with E-state index >= 15 is 0 Å². The lowest BCUT2D eigenvalue weighted by Gasteiger charge is -2.26. The van der Waals surface area contributed by atoms with Crippen molar-refractivity contribution in [3.63, 3.8) is 0 Å². The van der Waals surface area contributed by atoms with Crippen LogP contribution >= 0.6 is 0 Å². The molecule has 0 spiro atoms. The first-order chi connectivity index (χ1) is 15.1. The molecule has 0 saturated carbocycles. The summed E-state index contributed by atoms with van der Waals surface area (Å²) in [7, 11) is 0.511. The number of ether oxygens (including phenoxy) is 4. The molecule has 1 aromatic carbocycles. The van der Waals surface area contributed by atoms with Gasteiger partial charge in [-0.2, -0.15) is 0 Å². The van der Waals surface area contributed by atoms with Gasteiger partial charge in [-0.3, -0.25) is 0 Å². The zero-order valence-electron chi connectivity index (χ0n) is 21.5. The lowest BCUT2D eigenvalue weighted by atomic mass is 10.1. The van der Waals surface area contributed by atoms with E-state index in [2.05, 4.69) is 46.1 Å². The predicted octanol–water partition coefficient (Wildman–Crippen LogP) is 7.38. The Bertz CT molecular complexity index is 676. The molecule has 0 aromatic heterocycles. The Morgan fingerprint density at radius 1 is 1.00 bits per heavy atom. The van der Waals surface area contributed by atoms with Gasteiger partial charge in [0.05, 0.1) is 20.3 Å². The van der Waals surface area contributed by atoms with E-state index < -0.39 is 8.07 Å². The van der Waals surface area contributed by atoms with E-state index in [0.29, 0.717) is 19.8 Å². The van der Waals surface area contributed by atoms with Gasteiger partial charge in [-0.25, -0.2) is 0 Å². The van der Waals surface area contributed by atoms with Gasteiger partial charge in [0.2, 0.25) is 0 Å². The Morgan fingerprint density at radius 3 is 2.25 bits per heavy atom. The Morgan fingerprint density at radius 2 is 1.66 bits per heavy atom. The van der Waals surface area contributed by atoms with Crippen LogP contribution in [0.2, 0.25) is 25.7 Å². The van der Waals surface area contributed by atoms with Crippen LogP contribution in [-0.4, -0.2) is 40.8 Å². The van der Waals surface area contributed by atoms with Crippen molar-refractivity contribution >= 4 is 8.07 Å². The molecule has 1 rings (SSSR count). The molecular formula is C27H46O4Si. The van der Waals surface area contributed by atoms with Crippen molar-refractivity contribution in [3.8, 4) is 5.75 Å². The predicted molar refractivity (Wildman–Crippen MR) is 138 cm³/mol. The van der Waals surface area contributed by atoms with Crippen molar-refractivity contribution in [1.29, 1.82) is 0 Å². The topological polar surface area (TPSA) is 36.9 Å². The minimum atomic E-state index is -1.16. The summed E-state index contributed by atoms with van der Waals surface area (Å²) in [6, 6.07) is 9.06. The van der Waals surface area contributed by atoms with Crippen LogP contribution in [0.5, 0.6) is 5.75 Å². The maximum absolute atomic E-state index is 6.14. The smallest absolute Gasteiger partial charge is 0.183 e. The second-order valence-electron chi connectivity index (χ2n) is 9.93. The Balaban J connectivity index is 2.53. The lowest BCUT2D eigenvalue weighted by molar-refractivity contribution is -0.202. The van der Waals surface area contributed by atoms with Crippen LogP contribution < -0.4 is 4.74 Å². The first-order valence-electron chi connectivity index (χ1n) is 11.9. The molecule has 2 atom stereocenters. The molecule has 2 unspecified atom stereocenters. The average molecular weight is 463 g/mol. The van der Waals surface area contributed by atoms with Crippen LogP contribution in [0.1, 0.15) is 52.0 Å². The number of allylic oxidation sites excluding steroid dienone is 2. The third kappa shape index (κ3) is 13.9. The highest BCUT2D eigenvalue weighted by molar-refractivity contribution is 6.76. The quantitative estimate of drug-likeness (QED) is 0.105. The van der Waals surface area contributed by atoms with Crippen LogP contribution in [0.3, 0.4) is 0 Å². The van der Waals surface area contributed by atoms with E-state index in [1.165, 1.54) is 11.1 Å². The first kappa shape index (κ1) is 28.6. The Hall–Kier alpha value is -1.40. The molecule has 5 heteroatoms. The molecule has 0 aliphatic carbocycles. The van der Waals surface area contributed by atoms with E-state index in [9.17, 15) is 0 Å². The SMILES string of the molecule is C=C(C)CCCC(C)=CCCOC(OCC[Si](C)(C)C)C(C)OCc1ccc(OC)cc1. The molecule has 0 saturated heterocycles. The monoisotopic (exact) mass is 462 g/mol. The summed E-state index contributed by atoms with van der Waals surface area (Å²) in [5.41, 5.74) is 3.77. The van der Waals surface area contributed by atoms with Gasteiger partial charge in [0, 0.05) is 14.7 Å². The van der Waals surface area contributed by atoms with Crippen LogP contribution in [-0.2, 0) is 20.8 Å². The number of hydrogen-bond acceptors (Lipinski definition) is 4. The summed E-state index contributed by atoms with van der Waals surface area (Å²) >= 11 is 0. The summed E-state index contributed by atoms with van der Waals surface area (Å²) in [5.74, 6) is 0.848. The minimum absolute atomic E-state index is 0.153. The normalized spacial score (nSPS) is 14.3. The van der Waals surface area contributed by atoms with E-state index in [1.807, 2.05) is 31.2 Å². The van der Waals surface area contributed by atoms with E-state index in [4.69, 9.17) is 18.9 Å². The molecule has 0 aliphatic heterocycles. The van der Waals surface area contributed by atoms with Gasteiger partial charge in [-0.15, -0.1) is 6.58 Å². The van der Waals surface area contributed by atoms with E-state index in [1.54, 1.807) is 7.11 Å². The number of hydrogen-bond donors (Lipinski definition) is 0. The summed E-state index contributed by atoms with van der Waals surface area (Å²) in [4.78, 5) is 0. The van der Waals surface area contributed by atoms with Crippen molar-refractivity contribution < 1.29 is 18.9 Å². The second kappa shape index (κ2) is 15.4. The van der Waals surface area contributed by atoms with E-state index in [-0.39, 0.29) is 12.4 Å². The standard InChI is InChI=1S/C27H46O4Si/c1-22(2)11-9-12-23(3)13-10-18-29-27(30-19-20-32(6,7)8)24(4)31-21-25-14-16-26(28-5)17-15-25/h13-17,24,27H,1,9-12,18-21H2,2-8H3. The zero-order valence-corrected chi connectivity index (χ0v) is 22.5. The summed E-state index contributed by atoms with van der Waals surface area (Å²) in [6.45, 7) is 19.2. The molecule has 0 aliphatic rings. The van der Waals surface area contributed by atoms with Crippen LogP contribution in [0.4, 0.5) is 0 Å². The molecule has 0 bridgehead atoms. The highest BCUT2D eigenvalue weighted by atomic mass is 28.3. The number of methoxy groups -OCH3 is 1. The van der Waals surface area contributed by atoms with Gasteiger partial charge in [0.1, 0.15) is 11.9 Å². The van der Waals surface area contributed by atoms with E-state index in [0.717, 1.165) is 43.0 Å². The highest BCUT2D eigenvalue weighted by Crippen LogP contribution is 2.17. The molecular weight excluding hydrogens is 416 g/mol. The lowest BCUT2D eigenvalue weighted by Crippen LogP contribution is -2.34. The first-order valence-corrected chi connectivity index (χ1v) is 15.6. The molecule has 32 heavy (non-hydrogen) atoms. The third-order valence-electron chi connectivity index (χ3n) is 5.26. The number of rotatable bonds is 17. The van der Waals surface area contributed by atoms with Gasteiger partial charge in [-0.05, 0) is 70.2 Å². The fourth-order valence-electron chi connectivity index (χ4n) is 3.09. The summed E-state index contributed by atoms with van der Waals surface area (Å²) < 4.78 is 23.6. The maximum Gasteiger partial charge on any atom is 0.183 e. The Kier molecular flexibility index (Phi) is 13.8. The molecule has 0 fully saturated rings. The maximum atomic E-state index is 6.14. The molecule has 0 amide bonds. The van der Waals surface area contributed by atoms with Crippen LogP contribution in [0.15, 0.2) is 48.1 Å².